The first-order chi connectivity index (χ1) is 11.6. The molecule has 1 N–H and O–H groups in total. The first-order valence-corrected chi connectivity index (χ1v) is 8.84. The highest BCUT2D eigenvalue weighted by Crippen LogP contribution is 2.27. The summed E-state index contributed by atoms with van der Waals surface area (Å²) in [5.74, 6) is 0.667. The largest absolute Gasteiger partial charge is 0.494 e. The highest BCUT2D eigenvalue weighted by atomic mass is 32.1. The van der Waals surface area contributed by atoms with Crippen molar-refractivity contribution in [1.82, 2.24) is 9.88 Å². The Bertz CT molecular complexity index is 737. The molecule has 1 aromatic heterocycles. The minimum atomic E-state index is -0.164. The molecule has 0 atom stereocenters. The van der Waals surface area contributed by atoms with Gasteiger partial charge in [0.1, 0.15) is 5.75 Å². The third kappa shape index (κ3) is 4.21. The predicted octanol–water partition coefficient (Wildman–Crippen LogP) is 3.18. The van der Waals surface area contributed by atoms with Gasteiger partial charge >= 0.3 is 0 Å². The van der Waals surface area contributed by atoms with Gasteiger partial charge in [0.15, 0.2) is 5.13 Å². The molecule has 3 rings (SSSR count). The fourth-order valence-electron chi connectivity index (χ4n) is 2.54. The molecule has 0 aliphatic carbocycles. The number of benzene rings is 1. The molecule has 2 aromatic rings. The third-order valence-electron chi connectivity index (χ3n) is 3.77. The van der Waals surface area contributed by atoms with Crippen molar-refractivity contribution >= 4 is 28.5 Å². The maximum absolute atomic E-state index is 12.1. The van der Waals surface area contributed by atoms with Gasteiger partial charge in [0.25, 0.3) is 0 Å². The molecule has 6 heteroatoms. The summed E-state index contributed by atoms with van der Waals surface area (Å²) < 4.78 is 5.40. The lowest BCUT2D eigenvalue weighted by atomic mass is 10.2. The number of carbonyl (C=O) groups excluding carboxylic acids is 1. The molecular weight excluding hydrogens is 322 g/mol. The van der Waals surface area contributed by atoms with Gasteiger partial charge in [0.05, 0.1) is 12.3 Å². The molecule has 0 saturated heterocycles. The molecule has 0 spiro atoms. The SMILES string of the molecule is CCOc1ccc(/C=C/C(=O)Nc2nc3c(s2)CN(C)CC3)cc1. The van der Waals surface area contributed by atoms with E-state index in [0.717, 1.165) is 36.5 Å². The van der Waals surface area contributed by atoms with E-state index in [9.17, 15) is 4.79 Å². The van der Waals surface area contributed by atoms with Crippen LogP contribution in [-0.2, 0) is 17.8 Å². The van der Waals surface area contributed by atoms with Crippen LogP contribution in [0.1, 0.15) is 23.1 Å². The number of carbonyl (C=O) groups is 1. The van der Waals surface area contributed by atoms with Crippen LogP contribution in [0.5, 0.6) is 5.75 Å². The Morgan fingerprint density at radius 3 is 2.96 bits per heavy atom. The lowest BCUT2D eigenvalue weighted by Crippen LogP contribution is -2.25. The average molecular weight is 343 g/mol. The van der Waals surface area contributed by atoms with Crippen molar-refractivity contribution in [2.24, 2.45) is 0 Å². The lowest BCUT2D eigenvalue weighted by molar-refractivity contribution is -0.111. The van der Waals surface area contributed by atoms with E-state index in [1.54, 1.807) is 17.4 Å². The summed E-state index contributed by atoms with van der Waals surface area (Å²) in [6.45, 7) is 4.52. The highest BCUT2D eigenvalue weighted by Gasteiger charge is 2.18. The van der Waals surface area contributed by atoms with E-state index in [4.69, 9.17) is 4.74 Å². The fourth-order valence-corrected chi connectivity index (χ4v) is 3.63. The number of likely N-dealkylation sites (N-methyl/N-ethyl adjacent to an activating group) is 1. The molecule has 2 heterocycles. The Kier molecular flexibility index (Phi) is 5.27. The maximum atomic E-state index is 12.1. The second-order valence-corrected chi connectivity index (χ2v) is 6.78. The number of fused-ring (bicyclic) bond motifs is 1. The zero-order chi connectivity index (χ0) is 16.9. The maximum Gasteiger partial charge on any atom is 0.250 e. The number of amides is 1. The summed E-state index contributed by atoms with van der Waals surface area (Å²) in [4.78, 5) is 20.1. The van der Waals surface area contributed by atoms with Crippen LogP contribution in [0.2, 0.25) is 0 Å². The molecule has 0 unspecified atom stereocenters. The first-order valence-electron chi connectivity index (χ1n) is 8.03. The Morgan fingerprint density at radius 2 is 2.21 bits per heavy atom. The van der Waals surface area contributed by atoms with Crippen LogP contribution in [0, 0.1) is 0 Å². The number of rotatable bonds is 5. The minimum absolute atomic E-state index is 0.164. The Balaban J connectivity index is 1.59. The number of aromatic nitrogens is 1. The normalized spacial score (nSPS) is 14.6. The van der Waals surface area contributed by atoms with E-state index < -0.39 is 0 Å². The van der Waals surface area contributed by atoms with E-state index in [2.05, 4.69) is 22.2 Å². The zero-order valence-electron chi connectivity index (χ0n) is 13.9. The second kappa shape index (κ2) is 7.59. The first kappa shape index (κ1) is 16.7. The molecule has 0 radical (unpaired) electrons. The fraction of sp³-hybridized carbons (Fsp3) is 0.333. The topological polar surface area (TPSA) is 54.5 Å². The van der Waals surface area contributed by atoms with Crippen LogP contribution >= 0.6 is 11.3 Å². The van der Waals surface area contributed by atoms with Crippen molar-refractivity contribution in [3.8, 4) is 5.75 Å². The van der Waals surface area contributed by atoms with Crippen LogP contribution in [0.4, 0.5) is 5.13 Å². The van der Waals surface area contributed by atoms with Gasteiger partial charge in [0, 0.05) is 30.5 Å². The molecule has 1 aromatic carbocycles. The summed E-state index contributed by atoms with van der Waals surface area (Å²) in [6, 6.07) is 7.64. The smallest absolute Gasteiger partial charge is 0.250 e. The van der Waals surface area contributed by atoms with Crippen LogP contribution in [0.25, 0.3) is 6.08 Å². The number of hydrogen-bond donors (Lipinski definition) is 1. The van der Waals surface area contributed by atoms with Gasteiger partial charge in [-0.1, -0.05) is 12.1 Å². The van der Waals surface area contributed by atoms with Crippen molar-refractivity contribution in [3.63, 3.8) is 0 Å². The van der Waals surface area contributed by atoms with Gasteiger partial charge in [-0.15, -0.1) is 11.3 Å². The summed E-state index contributed by atoms with van der Waals surface area (Å²) >= 11 is 1.56. The summed E-state index contributed by atoms with van der Waals surface area (Å²) in [6.07, 6.45) is 4.26. The third-order valence-corrected chi connectivity index (χ3v) is 4.77. The number of nitrogens with zero attached hydrogens (tertiary/aromatic N) is 2. The molecule has 1 aliphatic heterocycles. The molecule has 1 amide bonds. The molecule has 126 valence electrons. The van der Waals surface area contributed by atoms with E-state index in [-0.39, 0.29) is 5.91 Å². The van der Waals surface area contributed by atoms with E-state index in [1.807, 2.05) is 31.2 Å². The van der Waals surface area contributed by atoms with Gasteiger partial charge in [-0.3, -0.25) is 10.1 Å². The van der Waals surface area contributed by atoms with E-state index >= 15 is 0 Å². The second-order valence-electron chi connectivity index (χ2n) is 5.70. The van der Waals surface area contributed by atoms with Crippen molar-refractivity contribution < 1.29 is 9.53 Å². The lowest BCUT2D eigenvalue weighted by Gasteiger charge is -2.20. The van der Waals surface area contributed by atoms with Crippen molar-refractivity contribution in [2.75, 3.05) is 25.5 Å². The van der Waals surface area contributed by atoms with Crippen molar-refractivity contribution in [1.29, 1.82) is 0 Å². The number of hydrogen-bond acceptors (Lipinski definition) is 5. The van der Waals surface area contributed by atoms with Crippen molar-refractivity contribution in [3.05, 3.63) is 46.5 Å². The highest BCUT2D eigenvalue weighted by molar-refractivity contribution is 7.15. The van der Waals surface area contributed by atoms with Gasteiger partial charge in [0.2, 0.25) is 5.91 Å². The van der Waals surface area contributed by atoms with Gasteiger partial charge in [-0.25, -0.2) is 4.98 Å². The summed E-state index contributed by atoms with van der Waals surface area (Å²) in [5.41, 5.74) is 2.07. The number of nitrogens with one attached hydrogen (secondary N) is 1. The van der Waals surface area contributed by atoms with Gasteiger partial charge in [-0.2, -0.15) is 0 Å². The monoisotopic (exact) mass is 343 g/mol. The number of thiazole rings is 1. The van der Waals surface area contributed by atoms with Crippen LogP contribution in [0.3, 0.4) is 0 Å². The van der Waals surface area contributed by atoms with Crippen LogP contribution < -0.4 is 10.1 Å². The summed E-state index contributed by atoms with van der Waals surface area (Å²) in [7, 11) is 2.10. The van der Waals surface area contributed by atoms with Gasteiger partial charge in [-0.05, 0) is 37.7 Å². The van der Waals surface area contributed by atoms with E-state index in [1.165, 1.54) is 11.0 Å². The molecule has 0 saturated carbocycles. The quantitative estimate of drug-likeness (QED) is 0.847. The number of ether oxygens (including phenoxy) is 1. The minimum Gasteiger partial charge on any atom is -0.494 e. The van der Waals surface area contributed by atoms with Gasteiger partial charge < -0.3 is 9.64 Å². The molecule has 0 bridgehead atoms. The van der Waals surface area contributed by atoms with E-state index in [0.29, 0.717) is 11.7 Å². The molecular formula is C18H21N3O2S. The van der Waals surface area contributed by atoms with Crippen LogP contribution in [0.15, 0.2) is 30.3 Å². The molecule has 0 fully saturated rings. The standard InChI is InChI=1S/C18H21N3O2S/c1-3-23-14-7-4-13(5-8-14)6-9-17(22)20-18-19-15-10-11-21(2)12-16(15)24-18/h4-9H,3,10-12H2,1-2H3,(H,19,20,22)/b9-6+. The average Bonchev–Trinajstić information content (AvgIpc) is 2.95. The predicted molar refractivity (Wildman–Crippen MR) is 97.4 cm³/mol. The molecule has 5 nitrogen and oxygen atoms in total. The Hall–Kier alpha value is -2.18. The van der Waals surface area contributed by atoms with Crippen LogP contribution in [-0.4, -0.2) is 36.0 Å². The van der Waals surface area contributed by atoms with Crippen molar-refractivity contribution in [2.45, 2.75) is 19.9 Å². The molecule has 24 heavy (non-hydrogen) atoms. The Morgan fingerprint density at radius 1 is 1.42 bits per heavy atom. The Labute approximate surface area is 146 Å². The molecule has 1 aliphatic rings. The summed E-state index contributed by atoms with van der Waals surface area (Å²) in [5, 5.41) is 3.53. The zero-order valence-corrected chi connectivity index (χ0v) is 14.7. The number of anilines is 1.